The van der Waals surface area contributed by atoms with Crippen LogP contribution >= 0.6 is 11.6 Å². The third-order valence-corrected chi connectivity index (χ3v) is 8.61. The summed E-state index contributed by atoms with van der Waals surface area (Å²) in [4.78, 5) is 21.4. The summed E-state index contributed by atoms with van der Waals surface area (Å²) in [5.41, 5.74) is 10.5. The Morgan fingerprint density at radius 1 is 1.16 bits per heavy atom. The molecule has 228 valence electrons. The van der Waals surface area contributed by atoms with Gasteiger partial charge in [-0.25, -0.2) is 9.37 Å². The van der Waals surface area contributed by atoms with Crippen LogP contribution in [0.3, 0.4) is 0 Å². The Kier molecular flexibility index (Phi) is 10.3. The van der Waals surface area contributed by atoms with E-state index < -0.39 is 11.7 Å². The highest BCUT2D eigenvalue weighted by Gasteiger charge is 2.26. The first kappa shape index (κ1) is 31.0. The van der Waals surface area contributed by atoms with E-state index in [1.165, 1.54) is 6.07 Å². The number of hydrogen-bond donors (Lipinski definition) is 1. The Morgan fingerprint density at radius 3 is 2.70 bits per heavy atom. The first-order valence-electron chi connectivity index (χ1n) is 15.0. The van der Waals surface area contributed by atoms with Crippen molar-refractivity contribution in [2.75, 3.05) is 37.7 Å². The third-order valence-electron chi connectivity index (χ3n) is 8.37. The molecule has 2 aliphatic heterocycles. The van der Waals surface area contributed by atoms with E-state index in [0.29, 0.717) is 41.0 Å². The number of aromatic nitrogens is 1. The van der Waals surface area contributed by atoms with Crippen molar-refractivity contribution in [3.63, 3.8) is 0 Å². The van der Waals surface area contributed by atoms with Crippen molar-refractivity contribution >= 4 is 23.2 Å². The number of nitrogens with two attached hydrogens (primary N) is 1. The number of amides is 1. The normalized spacial score (nSPS) is 17.9. The van der Waals surface area contributed by atoms with E-state index in [0.717, 1.165) is 74.4 Å². The molecule has 0 radical (unpaired) electrons. The molecule has 2 fully saturated rings. The number of aryl methyl sites for hydroxylation is 1. The van der Waals surface area contributed by atoms with Gasteiger partial charge in [-0.1, -0.05) is 36.4 Å². The minimum Gasteiger partial charge on any atom is -0.473 e. The summed E-state index contributed by atoms with van der Waals surface area (Å²) >= 11 is 5.86. The Labute approximate surface area is 258 Å². The molecule has 9 heteroatoms. The summed E-state index contributed by atoms with van der Waals surface area (Å²) in [6.07, 6.45) is 5.28. The minimum atomic E-state index is -0.442. The van der Waals surface area contributed by atoms with Crippen LogP contribution in [0.1, 0.15) is 65.2 Å². The summed E-state index contributed by atoms with van der Waals surface area (Å²) in [6.45, 7) is 10.6. The average Bonchev–Trinajstić information content (AvgIpc) is 3.01. The van der Waals surface area contributed by atoms with Crippen molar-refractivity contribution in [3.05, 3.63) is 100 Å². The molecule has 7 nitrogen and oxygen atoms in total. The SMILES string of the molecule is C=C(CN1CCC(c2cccc(OCc3ccc(Cl)cc3F)n2)CC1)N(CC1CCCCO1)c1cc(C(N)=O)ccc1C. The van der Waals surface area contributed by atoms with Crippen LogP contribution in [-0.4, -0.2) is 54.7 Å². The molecule has 0 aliphatic carbocycles. The molecule has 3 aromatic rings. The number of halogens is 2. The maximum Gasteiger partial charge on any atom is 0.248 e. The first-order chi connectivity index (χ1) is 20.8. The molecule has 0 spiro atoms. The van der Waals surface area contributed by atoms with Crippen LogP contribution in [-0.2, 0) is 11.3 Å². The quantitative estimate of drug-likeness (QED) is 0.264. The number of piperidine rings is 1. The van der Waals surface area contributed by atoms with E-state index in [-0.39, 0.29) is 12.7 Å². The van der Waals surface area contributed by atoms with Gasteiger partial charge in [-0.3, -0.25) is 9.69 Å². The zero-order valence-electron chi connectivity index (χ0n) is 24.7. The van der Waals surface area contributed by atoms with E-state index in [2.05, 4.69) is 16.4 Å². The number of carbonyl (C=O) groups excluding carboxylic acids is 1. The summed E-state index contributed by atoms with van der Waals surface area (Å²) in [6, 6.07) is 15.9. The lowest BCUT2D eigenvalue weighted by atomic mass is 9.93. The number of primary amides is 1. The van der Waals surface area contributed by atoms with Gasteiger partial charge in [0.1, 0.15) is 12.4 Å². The monoisotopic (exact) mass is 606 g/mol. The largest absolute Gasteiger partial charge is 0.473 e. The van der Waals surface area contributed by atoms with Crippen molar-refractivity contribution in [3.8, 4) is 5.88 Å². The van der Waals surface area contributed by atoms with Gasteiger partial charge < -0.3 is 20.1 Å². The van der Waals surface area contributed by atoms with Crippen LogP contribution in [0.2, 0.25) is 5.02 Å². The molecular weight excluding hydrogens is 567 g/mol. The Bertz CT molecular complexity index is 1440. The van der Waals surface area contributed by atoms with Crippen molar-refractivity contribution in [2.24, 2.45) is 5.73 Å². The van der Waals surface area contributed by atoms with Crippen molar-refractivity contribution in [1.29, 1.82) is 0 Å². The number of rotatable bonds is 11. The Hall–Kier alpha value is -3.46. The lowest BCUT2D eigenvalue weighted by Gasteiger charge is -2.37. The predicted octanol–water partition coefficient (Wildman–Crippen LogP) is 6.63. The molecule has 5 rings (SSSR count). The van der Waals surface area contributed by atoms with Crippen LogP contribution in [0.5, 0.6) is 5.88 Å². The number of likely N-dealkylation sites (tertiary alicyclic amines) is 1. The van der Waals surface area contributed by atoms with Gasteiger partial charge in [-0.15, -0.1) is 0 Å². The second-order valence-corrected chi connectivity index (χ2v) is 11.9. The summed E-state index contributed by atoms with van der Waals surface area (Å²) in [5.74, 6) is -0.0421. The van der Waals surface area contributed by atoms with Crippen molar-refractivity contribution in [1.82, 2.24) is 9.88 Å². The van der Waals surface area contributed by atoms with Crippen molar-refractivity contribution in [2.45, 2.75) is 57.7 Å². The Balaban J connectivity index is 1.21. The van der Waals surface area contributed by atoms with E-state index >= 15 is 0 Å². The molecule has 2 N–H and O–H groups in total. The van der Waals surface area contributed by atoms with E-state index in [1.807, 2.05) is 31.2 Å². The lowest BCUT2D eigenvalue weighted by molar-refractivity contribution is 0.0216. The fourth-order valence-corrected chi connectivity index (χ4v) is 6.02. The molecule has 1 amide bonds. The molecular formula is C34H40ClFN4O3. The van der Waals surface area contributed by atoms with E-state index in [9.17, 15) is 9.18 Å². The number of anilines is 1. The maximum atomic E-state index is 14.2. The van der Waals surface area contributed by atoms with Gasteiger partial charge in [0.25, 0.3) is 0 Å². The lowest BCUT2D eigenvalue weighted by Crippen LogP contribution is -2.41. The summed E-state index contributed by atoms with van der Waals surface area (Å²) in [7, 11) is 0. The number of ether oxygens (including phenoxy) is 2. The van der Waals surface area contributed by atoms with Gasteiger partial charge in [0, 0.05) is 64.9 Å². The fraction of sp³-hybridized carbons (Fsp3) is 0.412. The summed E-state index contributed by atoms with van der Waals surface area (Å²) in [5, 5.41) is 0.356. The highest BCUT2D eigenvalue weighted by Crippen LogP contribution is 2.31. The van der Waals surface area contributed by atoms with Gasteiger partial charge >= 0.3 is 0 Å². The highest BCUT2D eigenvalue weighted by atomic mass is 35.5. The van der Waals surface area contributed by atoms with Crippen LogP contribution in [0, 0.1) is 12.7 Å². The number of pyridine rings is 1. The highest BCUT2D eigenvalue weighted by molar-refractivity contribution is 6.30. The Morgan fingerprint density at radius 2 is 1.98 bits per heavy atom. The van der Waals surface area contributed by atoms with Gasteiger partial charge in [0.15, 0.2) is 0 Å². The maximum absolute atomic E-state index is 14.2. The molecule has 2 aliphatic rings. The third kappa shape index (κ3) is 8.13. The molecule has 0 saturated carbocycles. The predicted molar refractivity (Wildman–Crippen MR) is 168 cm³/mol. The minimum absolute atomic E-state index is 0.0875. The molecule has 2 aromatic carbocycles. The first-order valence-corrected chi connectivity index (χ1v) is 15.4. The van der Waals surface area contributed by atoms with Crippen LogP contribution in [0.15, 0.2) is 66.9 Å². The standard InChI is InChI=1S/C34H40ClFN4O3/c1-23-9-10-26(34(37)41)18-32(23)40(21-29-6-3-4-17-42-29)24(2)20-39-15-13-25(14-16-39)31-7-5-8-33(38-31)43-22-27-11-12-28(35)19-30(27)36/h5,7-12,18-19,25,29H,2-4,6,13-17,20-22H2,1H3,(H2,37,41). The smallest absolute Gasteiger partial charge is 0.248 e. The molecule has 1 atom stereocenters. The molecule has 1 unspecified atom stereocenters. The molecule has 2 saturated heterocycles. The second kappa shape index (κ2) is 14.3. The van der Waals surface area contributed by atoms with Crippen LogP contribution < -0.4 is 15.4 Å². The summed E-state index contributed by atoms with van der Waals surface area (Å²) < 4.78 is 26.1. The topological polar surface area (TPSA) is 80.9 Å². The zero-order valence-corrected chi connectivity index (χ0v) is 25.5. The van der Waals surface area contributed by atoms with Gasteiger partial charge in [-0.2, -0.15) is 0 Å². The second-order valence-electron chi connectivity index (χ2n) is 11.5. The van der Waals surface area contributed by atoms with Gasteiger partial charge in [0.2, 0.25) is 11.8 Å². The number of benzene rings is 2. The van der Waals surface area contributed by atoms with Gasteiger partial charge in [0.05, 0.1) is 6.10 Å². The molecule has 0 bridgehead atoms. The number of carbonyl (C=O) groups is 1. The number of hydrogen-bond acceptors (Lipinski definition) is 6. The van der Waals surface area contributed by atoms with Crippen LogP contribution in [0.25, 0.3) is 0 Å². The molecule has 43 heavy (non-hydrogen) atoms. The fourth-order valence-electron chi connectivity index (χ4n) is 5.87. The van der Waals surface area contributed by atoms with Crippen LogP contribution in [0.4, 0.5) is 10.1 Å². The molecule has 3 heterocycles. The van der Waals surface area contributed by atoms with Gasteiger partial charge in [-0.05, 0) is 88.0 Å². The van der Waals surface area contributed by atoms with E-state index in [1.54, 1.807) is 24.3 Å². The number of nitrogens with zero attached hydrogens (tertiary/aromatic N) is 3. The molecule has 1 aromatic heterocycles. The average molecular weight is 607 g/mol. The van der Waals surface area contributed by atoms with E-state index in [4.69, 9.17) is 31.8 Å². The van der Waals surface area contributed by atoms with Crippen molar-refractivity contribution < 1.29 is 18.7 Å². The zero-order chi connectivity index (χ0) is 30.3.